The number of nitrogens with zero attached hydrogens (tertiary/aromatic N) is 4. The zero-order valence-corrected chi connectivity index (χ0v) is 19.7. The van der Waals surface area contributed by atoms with Gasteiger partial charge in [-0.05, 0) is 45.2 Å². The van der Waals surface area contributed by atoms with Gasteiger partial charge < -0.3 is 15.0 Å². The van der Waals surface area contributed by atoms with Gasteiger partial charge in [0.25, 0.3) is 0 Å². The van der Waals surface area contributed by atoms with Crippen LogP contribution in [0.3, 0.4) is 0 Å². The van der Waals surface area contributed by atoms with Crippen molar-refractivity contribution in [1.82, 2.24) is 24.9 Å². The smallest absolute Gasteiger partial charge is 0.439 e. The summed E-state index contributed by atoms with van der Waals surface area (Å²) in [7, 11) is 2.09. The predicted molar refractivity (Wildman–Crippen MR) is 124 cm³/mol. The first-order chi connectivity index (χ1) is 16.6. The average Bonchev–Trinajstić information content (AvgIpc) is 3.23. The molecule has 0 aliphatic carbocycles. The number of halogens is 3. The van der Waals surface area contributed by atoms with E-state index in [0.717, 1.165) is 43.9 Å². The van der Waals surface area contributed by atoms with Crippen molar-refractivity contribution in [2.75, 3.05) is 51.7 Å². The molecule has 0 amide bonds. The first-order valence-corrected chi connectivity index (χ1v) is 11.2. The highest BCUT2D eigenvalue weighted by molar-refractivity contribution is 5.81. The number of hydrogen-bond donors (Lipinski definition) is 2. The van der Waals surface area contributed by atoms with Gasteiger partial charge in [-0.15, -0.1) is 0 Å². The van der Waals surface area contributed by atoms with Gasteiger partial charge in [-0.25, -0.2) is 9.78 Å². The van der Waals surface area contributed by atoms with Crippen molar-refractivity contribution < 1.29 is 22.4 Å². The summed E-state index contributed by atoms with van der Waals surface area (Å²) in [5, 5.41) is 6.84. The quantitative estimate of drug-likeness (QED) is 0.518. The van der Waals surface area contributed by atoms with E-state index in [9.17, 15) is 18.0 Å². The number of rotatable bonds is 7. The van der Waals surface area contributed by atoms with Crippen LogP contribution in [0.25, 0.3) is 11.4 Å². The minimum atomic E-state index is -4.44. The summed E-state index contributed by atoms with van der Waals surface area (Å²) in [6, 6.07) is 4.58. The number of H-pyrrole nitrogens is 1. The first-order valence-electron chi connectivity index (χ1n) is 11.2. The third kappa shape index (κ3) is 5.82. The van der Waals surface area contributed by atoms with E-state index in [1.54, 1.807) is 6.92 Å². The number of aryl methyl sites for hydroxylation is 1. The Bertz CT molecular complexity index is 1210. The van der Waals surface area contributed by atoms with Gasteiger partial charge in [-0.1, -0.05) is 5.16 Å². The Kier molecular flexibility index (Phi) is 7.13. The number of anilines is 2. The SMILES string of the molecule is Cc1nc(Nc2ccc(C(F)(F)F)cc2)c(-c2noc(=O)[nH]2)c(OCCN2CCN(C)CC2)c1C. The van der Waals surface area contributed by atoms with E-state index in [1.165, 1.54) is 12.1 Å². The van der Waals surface area contributed by atoms with Crippen molar-refractivity contribution in [3.8, 4) is 17.1 Å². The molecule has 1 aliphatic heterocycles. The van der Waals surface area contributed by atoms with Crippen LogP contribution in [-0.2, 0) is 6.18 Å². The maximum Gasteiger partial charge on any atom is 0.439 e. The Balaban J connectivity index is 1.64. The van der Waals surface area contributed by atoms with Crippen LogP contribution in [0.1, 0.15) is 16.8 Å². The van der Waals surface area contributed by atoms with E-state index in [4.69, 9.17) is 9.26 Å². The lowest BCUT2D eigenvalue weighted by molar-refractivity contribution is -0.137. The summed E-state index contributed by atoms with van der Waals surface area (Å²) in [6.45, 7) is 8.61. The lowest BCUT2D eigenvalue weighted by Crippen LogP contribution is -2.45. The summed E-state index contributed by atoms with van der Waals surface area (Å²) in [6.07, 6.45) is -4.44. The molecule has 35 heavy (non-hydrogen) atoms. The molecule has 0 atom stereocenters. The number of aromatic amines is 1. The second-order valence-corrected chi connectivity index (χ2v) is 8.51. The van der Waals surface area contributed by atoms with Gasteiger partial charge in [0.15, 0.2) is 5.82 Å². The summed E-state index contributed by atoms with van der Waals surface area (Å²) >= 11 is 0. The summed E-state index contributed by atoms with van der Waals surface area (Å²) in [5.41, 5.74) is 1.38. The van der Waals surface area contributed by atoms with Gasteiger partial charge in [0.2, 0.25) is 0 Å². The zero-order chi connectivity index (χ0) is 25.2. The minimum absolute atomic E-state index is 0.106. The van der Waals surface area contributed by atoms with Crippen LogP contribution < -0.4 is 15.8 Å². The van der Waals surface area contributed by atoms with Gasteiger partial charge in [-0.2, -0.15) is 13.2 Å². The van der Waals surface area contributed by atoms with Crippen LogP contribution in [0.5, 0.6) is 5.75 Å². The van der Waals surface area contributed by atoms with Crippen molar-refractivity contribution in [1.29, 1.82) is 0 Å². The van der Waals surface area contributed by atoms with Gasteiger partial charge in [-0.3, -0.25) is 14.4 Å². The lowest BCUT2D eigenvalue weighted by atomic mass is 10.1. The molecule has 3 heterocycles. The molecule has 0 saturated carbocycles. The van der Waals surface area contributed by atoms with E-state index in [-0.39, 0.29) is 11.6 Å². The van der Waals surface area contributed by atoms with Gasteiger partial charge in [0.1, 0.15) is 23.7 Å². The highest BCUT2D eigenvalue weighted by Crippen LogP contribution is 2.39. The number of ether oxygens (including phenoxy) is 1. The molecule has 0 bridgehead atoms. The molecule has 0 unspecified atom stereocenters. The van der Waals surface area contributed by atoms with Crippen molar-refractivity contribution in [3.05, 3.63) is 51.6 Å². The average molecular weight is 493 g/mol. The van der Waals surface area contributed by atoms with Crippen LogP contribution in [0, 0.1) is 13.8 Å². The Hall–Kier alpha value is -3.38. The third-order valence-corrected chi connectivity index (χ3v) is 6.03. The molecule has 2 N–H and O–H groups in total. The molecule has 2 aromatic heterocycles. The first kappa shape index (κ1) is 24.7. The highest BCUT2D eigenvalue weighted by atomic mass is 19.4. The Labute approximate surface area is 199 Å². The van der Waals surface area contributed by atoms with Crippen LogP contribution >= 0.6 is 0 Å². The molecular formula is C23H27F3N6O3. The van der Waals surface area contributed by atoms with E-state index in [1.807, 2.05) is 6.92 Å². The molecular weight excluding hydrogens is 465 g/mol. The molecule has 4 rings (SSSR count). The van der Waals surface area contributed by atoms with Crippen LogP contribution in [0.4, 0.5) is 24.7 Å². The van der Waals surface area contributed by atoms with Crippen molar-refractivity contribution in [2.45, 2.75) is 20.0 Å². The van der Waals surface area contributed by atoms with Crippen molar-refractivity contribution >= 4 is 11.5 Å². The standard InChI is InChI=1S/C23H27F3N6O3/c1-14-15(2)27-20(28-17-6-4-16(5-7-17)23(24,25)26)18(21-29-22(33)35-30-21)19(14)34-13-12-32-10-8-31(3)9-11-32/h4-7H,8-13H2,1-3H3,(H,27,28)(H,29,30,33). The fourth-order valence-electron chi connectivity index (χ4n) is 3.82. The van der Waals surface area contributed by atoms with Gasteiger partial charge >= 0.3 is 11.9 Å². The monoisotopic (exact) mass is 492 g/mol. The number of pyridine rings is 1. The van der Waals surface area contributed by atoms with E-state index >= 15 is 0 Å². The fraction of sp³-hybridized carbons (Fsp3) is 0.435. The molecule has 9 nitrogen and oxygen atoms in total. The Morgan fingerprint density at radius 1 is 1.14 bits per heavy atom. The summed E-state index contributed by atoms with van der Waals surface area (Å²) in [4.78, 5) is 23.3. The van der Waals surface area contributed by atoms with Crippen molar-refractivity contribution in [3.63, 3.8) is 0 Å². The third-order valence-electron chi connectivity index (χ3n) is 6.03. The molecule has 0 spiro atoms. The maximum atomic E-state index is 12.9. The Morgan fingerprint density at radius 3 is 2.43 bits per heavy atom. The molecule has 1 aliphatic rings. The van der Waals surface area contributed by atoms with Crippen molar-refractivity contribution in [2.24, 2.45) is 0 Å². The molecule has 1 fully saturated rings. The fourth-order valence-corrected chi connectivity index (χ4v) is 3.82. The number of alkyl halides is 3. The Morgan fingerprint density at radius 2 is 1.83 bits per heavy atom. The molecule has 3 aromatic rings. The molecule has 188 valence electrons. The number of nitrogens with one attached hydrogen (secondary N) is 2. The number of piperazine rings is 1. The number of benzene rings is 1. The number of hydrogen-bond acceptors (Lipinski definition) is 8. The van der Waals surface area contributed by atoms with Crippen LogP contribution in [0.15, 0.2) is 33.6 Å². The second-order valence-electron chi connectivity index (χ2n) is 8.51. The molecule has 1 saturated heterocycles. The van der Waals surface area contributed by atoms with Crippen LogP contribution in [0.2, 0.25) is 0 Å². The number of aromatic nitrogens is 3. The van der Waals surface area contributed by atoms with Crippen LogP contribution in [-0.4, -0.2) is 71.3 Å². The van der Waals surface area contributed by atoms with E-state index < -0.39 is 17.5 Å². The van der Waals surface area contributed by atoms with E-state index in [2.05, 4.69) is 37.3 Å². The second kappa shape index (κ2) is 10.1. The number of likely N-dealkylation sites (N-methyl/N-ethyl adjacent to an activating group) is 1. The van der Waals surface area contributed by atoms with Gasteiger partial charge in [0, 0.05) is 49.7 Å². The summed E-state index contributed by atoms with van der Waals surface area (Å²) in [5.74, 6) is 0.0919. The van der Waals surface area contributed by atoms with E-state index in [0.29, 0.717) is 35.8 Å². The zero-order valence-electron chi connectivity index (χ0n) is 19.7. The highest BCUT2D eigenvalue weighted by Gasteiger charge is 2.30. The predicted octanol–water partition coefficient (Wildman–Crippen LogP) is 3.43. The topological polar surface area (TPSA) is 99.5 Å². The van der Waals surface area contributed by atoms with Gasteiger partial charge in [0.05, 0.1) is 5.56 Å². The maximum absolute atomic E-state index is 12.9. The molecule has 0 radical (unpaired) electrons. The normalized spacial score (nSPS) is 15.4. The minimum Gasteiger partial charge on any atom is -0.491 e. The largest absolute Gasteiger partial charge is 0.491 e. The molecule has 12 heteroatoms. The lowest BCUT2D eigenvalue weighted by Gasteiger charge is -2.32. The summed E-state index contributed by atoms with van der Waals surface area (Å²) < 4.78 is 49.7. The molecule has 1 aromatic carbocycles.